The minimum absolute atomic E-state index is 0.158. The molecule has 0 radical (unpaired) electrons. The molecule has 2 aromatic rings. The van der Waals surface area contributed by atoms with Crippen LogP contribution in [0.4, 0.5) is 5.82 Å². The van der Waals surface area contributed by atoms with E-state index in [2.05, 4.69) is 20.6 Å². The standard InChI is InChI=1S/C17H26N6O4/c1-19-15-10-3-5-23(16(10)22-8-21-15)12-6-9(13(24)14(12)25)7-20-4-2-11(18)17(26)27/h3,5,8-9,11-14,20,24-25H,2,4,6-7,18H2,1H3,(H,26,27)(H,19,21,22)/t9-,11?,12-,13-,14+/m1/s1. The molecule has 10 heteroatoms. The number of aliphatic hydroxyl groups excluding tert-OH is 2. The van der Waals surface area contributed by atoms with E-state index in [1.54, 1.807) is 7.05 Å². The number of hydrogen-bond donors (Lipinski definition) is 6. The van der Waals surface area contributed by atoms with Gasteiger partial charge in [-0.25, -0.2) is 9.97 Å². The number of nitrogens with one attached hydrogen (secondary N) is 2. The molecule has 2 heterocycles. The summed E-state index contributed by atoms with van der Waals surface area (Å²) in [5.41, 5.74) is 6.17. The number of carbonyl (C=O) groups is 1. The Hall–Kier alpha value is -2.27. The van der Waals surface area contributed by atoms with E-state index in [9.17, 15) is 15.0 Å². The molecule has 1 aliphatic rings. The highest BCUT2D eigenvalue weighted by molar-refractivity contribution is 5.87. The summed E-state index contributed by atoms with van der Waals surface area (Å²) in [6.45, 7) is 0.902. The molecule has 27 heavy (non-hydrogen) atoms. The van der Waals surface area contributed by atoms with Crippen LogP contribution in [0.3, 0.4) is 0 Å². The molecular weight excluding hydrogens is 352 g/mol. The normalized spacial score (nSPS) is 26.4. The lowest BCUT2D eigenvalue weighted by Crippen LogP contribution is -2.37. The first-order valence-corrected chi connectivity index (χ1v) is 8.98. The monoisotopic (exact) mass is 378 g/mol. The summed E-state index contributed by atoms with van der Waals surface area (Å²) in [5, 5.41) is 36.8. The molecule has 1 aliphatic carbocycles. The van der Waals surface area contributed by atoms with Crippen molar-refractivity contribution < 1.29 is 20.1 Å². The Balaban J connectivity index is 1.66. The van der Waals surface area contributed by atoms with Gasteiger partial charge in [0.15, 0.2) is 0 Å². The Kier molecular flexibility index (Phi) is 5.90. The molecule has 148 valence electrons. The van der Waals surface area contributed by atoms with Crippen LogP contribution in [0.1, 0.15) is 18.9 Å². The lowest BCUT2D eigenvalue weighted by Gasteiger charge is -2.19. The fraction of sp³-hybridized carbons (Fsp3) is 0.588. The van der Waals surface area contributed by atoms with Crippen molar-refractivity contribution in [3.63, 3.8) is 0 Å². The minimum atomic E-state index is -1.03. The molecule has 1 saturated carbocycles. The quantitative estimate of drug-likeness (QED) is 0.322. The Bertz CT molecular complexity index is 797. The van der Waals surface area contributed by atoms with Crippen molar-refractivity contribution in [1.82, 2.24) is 19.9 Å². The van der Waals surface area contributed by atoms with Gasteiger partial charge >= 0.3 is 5.97 Å². The van der Waals surface area contributed by atoms with Crippen LogP contribution in [0, 0.1) is 5.92 Å². The van der Waals surface area contributed by atoms with Gasteiger partial charge in [-0.05, 0) is 25.5 Å². The van der Waals surface area contributed by atoms with Crippen molar-refractivity contribution in [3.05, 3.63) is 18.6 Å². The number of aliphatic carboxylic acids is 1. The molecule has 0 bridgehead atoms. The summed E-state index contributed by atoms with van der Waals surface area (Å²) >= 11 is 0. The Morgan fingerprint density at radius 2 is 2.19 bits per heavy atom. The zero-order valence-corrected chi connectivity index (χ0v) is 15.1. The maximum absolute atomic E-state index is 10.7. The van der Waals surface area contributed by atoms with Crippen LogP contribution in [0.2, 0.25) is 0 Å². The van der Waals surface area contributed by atoms with E-state index in [0.717, 1.165) is 5.39 Å². The second kappa shape index (κ2) is 8.17. The van der Waals surface area contributed by atoms with E-state index in [0.29, 0.717) is 37.4 Å². The summed E-state index contributed by atoms with van der Waals surface area (Å²) in [4.78, 5) is 19.2. The van der Waals surface area contributed by atoms with Crippen LogP contribution in [-0.4, -0.2) is 74.2 Å². The van der Waals surface area contributed by atoms with Crippen molar-refractivity contribution in [2.75, 3.05) is 25.5 Å². The number of aromatic nitrogens is 3. The molecule has 0 spiro atoms. The van der Waals surface area contributed by atoms with Crippen molar-refractivity contribution >= 4 is 22.8 Å². The molecular formula is C17H26N6O4. The van der Waals surface area contributed by atoms with Gasteiger partial charge in [-0.3, -0.25) is 4.79 Å². The molecule has 1 fully saturated rings. The SMILES string of the molecule is CNc1ncnc2c1ccn2[C@@H]1C[C@H](CNCCC(N)C(=O)O)[C@@H](O)[C@H]1O. The number of anilines is 1. The number of carboxylic acid groups (broad SMARTS) is 1. The van der Waals surface area contributed by atoms with Crippen molar-refractivity contribution in [2.45, 2.75) is 37.1 Å². The maximum Gasteiger partial charge on any atom is 0.320 e. The molecule has 5 atom stereocenters. The van der Waals surface area contributed by atoms with Gasteiger partial charge in [-0.1, -0.05) is 0 Å². The molecule has 3 rings (SSSR count). The molecule has 0 aliphatic heterocycles. The summed E-state index contributed by atoms with van der Waals surface area (Å²) in [6, 6.07) is 0.681. The van der Waals surface area contributed by atoms with Gasteiger partial charge in [-0.15, -0.1) is 0 Å². The van der Waals surface area contributed by atoms with Crippen LogP contribution < -0.4 is 16.4 Å². The van der Waals surface area contributed by atoms with Crippen LogP contribution in [0.5, 0.6) is 0 Å². The highest BCUT2D eigenvalue weighted by atomic mass is 16.4. The maximum atomic E-state index is 10.7. The van der Waals surface area contributed by atoms with Crippen LogP contribution in [-0.2, 0) is 4.79 Å². The second-order valence-corrected chi connectivity index (χ2v) is 6.91. The zero-order chi connectivity index (χ0) is 19.6. The summed E-state index contributed by atoms with van der Waals surface area (Å²) in [5.74, 6) is -0.482. The lowest BCUT2D eigenvalue weighted by molar-refractivity contribution is -0.138. The molecule has 2 aromatic heterocycles. The number of hydrogen-bond acceptors (Lipinski definition) is 8. The van der Waals surface area contributed by atoms with Gasteiger partial charge in [-0.2, -0.15) is 0 Å². The molecule has 7 N–H and O–H groups in total. The number of fused-ring (bicyclic) bond motifs is 1. The molecule has 0 saturated heterocycles. The van der Waals surface area contributed by atoms with Crippen molar-refractivity contribution in [2.24, 2.45) is 11.7 Å². The fourth-order valence-electron chi connectivity index (χ4n) is 3.68. The highest BCUT2D eigenvalue weighted by Crippen LogP contribution is 2.37. The summed E-state index contributed by atoms with van der Waals surface area (Å²) in [7, 11) is 1.78. The number of carboxylic acids is 1. The largest absolute Gasteiger partial charge is 0.480 e. The fourth-order valence-corrected chi connectivity index (χ4v) is 3.68. The number of nitrogens with zero attached hydrogens (tertiary/aromatic N) is 3. The first kappa shape index (κ1) is 19.5. The average molecular weight is 378 g/mol. The van der Waals surface area contributed by atoms with Crippen LogP contribution >= 0.6 is 0 Å². The van der Waals surface area contributed by atoms with Gasteiger partial charge in [0, 0.05) is 25.7 Å². The Morgan fingerprint density at radius 3 is 2.89 bits per heavy atom. The predicted molar refractivity (Wildman–Crippen MR) is 99.3 cm³/mol. The summed E-state index contributed by atoms with van der Waals surface area (Å²) in [6.07, 6.45) is 2.40. The van der Waals surface area contributed by atoms with Crippen LogP contribution in [0.15, 0.2) is 18.6 Å². The first-order valence-electron chi connectivity index (χ1n) is 8.98. The topological polar surface area (TPSA) is 159 Å². The number of nitrogens with two attached hydrogens (primary N) is 1. The number of aliphatic hydroxyl groups is 2. The van der Waals surface area contributed by atoms with Crippen LogP contribution in [0.25, 0.3) is 11.0 Å². The van der Waals surface area contributed by atoms with Gasteiger partial charge in [0.05, 0.1) is 17.5 Å². The minimum Gasteiger partial charge on any atom is -0.480 e. The second-order valence-electron chi connectivity index (χ2n) is 6.91. The van der Waals surface area contributed by atoms with Gasteiger partial charge in [0.1, 0.15) is 29.9 Å². The molecule has 1 unspecified atom stereocenters. The smallest absolute Gasteiger partial charge is 0.320 e. The zero-order valence-electron chi connectivity index (χ0n) is 15.1. The van der Waals surface area contributed by atoms with Crippen molar-refractivity contribution in [1.29, 1.82) is 0 Å². The predicted octanol–water partition coefficient (Wildman–Crippen LogP) is -0.853. The van der Waals surface area contributed by atoms with E-state index in [1.807, 2.05) is 16.8 Å². The van der Waals surface area contributed by atoms with E-state index in [1.165, 1.54) is 6.33 Å². The van der Waals surface area contributed by atoms with E-state index >= 15 is 0 Å². The van der Waals surface area contributed by atoms with Gasteiger partial charge < -0.3 is 36.3 Å². The highest BCUT2D eigenvalue weighted by Gasteiger charge is 2.42. The Morgan fingerprint density at radius 1 is 1.41 bits per heavy atom. The van der Waals surface area contributed by atoms with E-state index in [-0.39, 0.29) is 12.0 Å². The average Bonchev–Trinajstić information content (AvgIpc) is 3.20. The summed E-state index contributed by atoms with van der Waals surface area (Å²) < 4.78 is 1.88. The lowest BCUT2D eigenvalue weighted by atomic mass is 10.1. The number of rotatable bonds is 8. The van der Waals surface area contributed by atoms with E-state index in [4.69, 9.17) is 10.8 Å². The van der Waals surface area contributed by atoms with Gasteiger partial charge in [0.2, 0.25) is 0 Å². The molecule has 0 amide bonds. The molecule has 0 aromatic carbocycles. The molecule has 10 nitrogen and oxygen atoms in total. The van der Waals surface area contributed by atoms with Gasteiger partial charge in [0.25, 0.3) is 0 Å². The Labute approximate surface area is 156 Å². The van der Waals surface area contributed by atoms with E-state index < -0.39 is 24.2 Å². The third-order valence-electron chi connectivity index (χ3n) is 5.23. The third-order valence-corrected chi connectivity index (χ3v) is 5.23. The first-order chi connectivity index (χ1) is 12.9. The third kappa shape index (κ3) is 3.88. The van der Waals surface area contributed by atoms with Crippen molar-refractivity contribution in [3.8, 4) is 0 Å².